The molecule has 0 spiro atoms. The minimum atomic E-state index is -0.170. The quantitative estimate of drug-likeness (QED) is 0.458. The summed E-state index contributed by atoms with van der Waals surface area (Å²) in [6.45, 7) is 0. The van der Waals surface area contributed by atoms with E-state index in [1.54, 1.807) is 18.5 Å². The van der Waals surface area contributed by atoms with Crippen LogP contribution < -0.4 is 0 Å². The molecule has 3 heterocycles. The van der Waals surface area contributed by atoms with Gasteiger partial charge in [-0.15, -0.1) is 0 Å². The molecule has 0 fully saturated rings. The largest absolute Gasteiger partial charge is 0.460 e. The van der Waals surface area contributed by atoms with Crippen LogP contribution in [0.3, 0.4) is 0 Å². The second kappa shape index (κ2) is 2.79. The molecule has 1 aliphatic rings. The van der Waals surface area contributed by atoms with Crippen LogP contribution in [0.2, 0.25) is 0 Å². The summed E-state index contributed by atoms with van der Waals surface area (Å²) in [6, 6.07) is 5.52. The van der Waals surface area contributed by atoms with Crippen molar-refractivity contribution in [2.75, 3.05) is 0 Å². The summed E-state index contributed by atoms with van der Waals surface area (Å²) >= 11 is 0. The fraction of sp³-hybridized carbons (Fsp3) is 0. The molecule has 0 saturated carbocycles. The highest BCUT2D eigenvalue weighted by atomic mass is 16.3. The zero-order valence-electron chi connectivity index (χ0n) is 8.68. The maximum atomic E-state index is 12.2. The van der Waals surface area contributed by atoms with Crippen molar-refractivity contribution in [1.82, 2.24) is 9.97 Å². The van der Waals surface area contributed by atoms with Crippen LogP contribution in [0, 0.1) is 0 Å². The molecule has 0 saturated heterocycles. The molecule has 0 amide bonds. The van der Waals surface area contributed by atoms with E-state index in [9.17, 15) is 4.79 Å². The molecule has 0 aliphatic heterocycles. The molecular formula is C13H6N2O2. The van der Waals surface area contributed by atoms with Gasteiger partial charge in [-0.3, -0.25) is 14.8 Å². The summed E-state index contributed by atoms with van der Waals surface area (Å²) in [4.78, 5) is 20.7. The number of aromatic nitrogens is 2. The van der Waals surface area contributed by atoms with Gasteiger partial charge in [0.15, 0.2) is 5.76 Å². The van der Waals surface area contributed by atoms with E-state index in [0.29, 0.717) is 11.5 Å². The SMILES string of the molecule is O=C1c2occc2-c2nccc3ccnc1c23. The van der Waals surface area contributed by atoms with E-state index in [-0.39, 0.29) is 5.78 Å². The lowest BCUT2D eigenvalue weighted by Gasteiger charge is -2.13. The molecular weight excluding hydrogens is 216 g/mol. The summed E-state index contributed by atoms with van der Waals surface area (Å²) in [5.41, 5.74) is 1.95. The molecule has 80 valence electrons. The van der Waals surface area contributed by atoms with Gasteiger partial charge in [0.1, 0.15) is 5.69 Å². The molecule has 3 aromatic heterocycles. The van der Waals surface area contributed by atoms with Crippen molar-refractivity contribution in [1.29, 1.82) is 0 Å². The third kappa shape index (κ3) is 0.945. The normalized spacial score (nSPS) is 12.8. The molecule has 0 atom stereocenters. The summed E-state index contributed by atoms with van der Waals surface area (Å²) in [7, 11) is 0. The highest BCUT2D eigenvalue weighted by Crippen LogP contribution is 2.37. The van der Waals surface area contributed by atoms with Crippen molar-refractivity contribution in [3.05, 3.63) is 48.3 Å². The lowest BCUT2D eigenvalue weighted by atomic mass is 9.94. The fourth-order valence-electron chi connectivity index (χ4n) is 2.28. The lowest BCUT2D eigenvalue weighted by Crippen LogP contribution is -2.10. The minimum absolute atomic E-state index is 0.170. The van der Waals surface area contributed by atoms with Crippen LogP contribution in [0.25, 0.3) is 22.0 Å². The summed E-state index contributed by atoms with van der Waals surface area (Å²) < 4.78 is 5.23. The topological polar surface area (TPSA) is 56.0 Å². The van der Waals surface area contributed by atoms with Crippen LogP contribution in [0.15, 0.2) is 41.3 Å². The average Bonchev–Trinajstić information content (AvgIpc) is 2.85. The Morgan fingerprint density at radius 1 is 1.00 bits per heavy atom. The number of hydrogen-bond donors (Lipinski definition) is 0. The molecule has 3 aromatic rings. The Morgan fingerprint density at radius 3 is 2.59 bits per heavy atom. The van der Waals surface area contributed by atoms with Crippen LogP contribution >= 0.6 is 0 Å². The summed E-state index contributed by atoms with van der Waals surface area (Å²) in [6.07, 6.45) is 4.87. The van der Waals surface area contributed by atoms with Crippen molar-refractivity contribution in [2.24, 2.45) is 0 Å². The number of pyridine rings is 2. The first-order valence-electron chi connectivity index (χ1n) is 5.22. The van der Waals surface area contributed by atoms with E-state index >= 15 is 0 Å². The van der Waals surface area contributed by atoms with Gasteiger partial charge in [0, 0.05) is 17.8 Å². The van der Waals surface area contributed by atoms with E-state index in [1.165, 1.54) is 6.26 Å². The van der Waals surface area contributed by atoms with Gasteiger partial charge in [-0.1, -0.05) is 0 Å². The molecule has 0 aromatic carbocycles. The number of nitrogens with zero attached hydrogens (tertiary/aromatic N) is 2. The van der Waals surface area contributed by atoms with Gasteiger partial charge >= 0.3 is 0 Å². The molecule has 1 aliphatic carbocycles. The van der Waals surface area contributed by atoms with E-state index in [4.69, 9.17) is 4.42 Å². The Bertz CT molecular complexity index is 769. The fourth-order valence-corrected chi connectivity index (χ4v) is 2.28. The molecule has 0 radical (unpaired) electrons. The number of hydrogen-bond acceptors (Lipinski definition) is 4. The standard InChI is InChI=1S/C13H6N2O2/c16-12-11-9-7(2-5-15-11)1-4-14-10(9)8-3-6-17-13(8)12/h1-6H. The number of rotatable bonds is 0. The van der Waals surface area contributed by atoms with Gasteiger partial charge < -0.3 is 4.42 Å². The van der Waals surface area contributed by atoms with E-state index in [1.807, 2.05) is 12.1 Å². The van der Waals surface area contributed by atoms with Crippen LogP contribution in [-0.4, -0.2) is 15.8 Å². The molecule has 4 nitrogen and oxygen atoms in total. The number of carbonyl (C=O) groups is 1. The van der Waals surface area contributed by atoms with Gasteiger partial charge in [-0.2, -0.15) is 0 Å². The maximum absolute atomic E-state index is 12.2. The van der Waals surface area contributed by atoms with Gasteiger partial charge in [0.2, 0.25) is 5.78 Å². The van der Waals surface area contributed by atoms with Crippen molar-refractivity contribution >= 4 is 16.6 Å². The summed E-state index contributed by atoms with van der Waals surface area (Å²) in [5.74, 6) is 0.160. The van der Waals surface area contributed by atoms with Gasteiger partial charge in [0.25, 0.3) is 0 Å². The minimum Gasteiger partial charge on any atom is -0.460 e. The van der Waals surface area contributed by atoms with Crippen molar-refractivity contribution in [2.45, 2.75) is 0 Å². The first-order chi connectivity index (χ1) is 8.36. The third-order valence-electron chi connectivity index (χ3n) is 3.02. The van der Waals surface area contributed by atoms with Gasteiger partial charge in [0.05, 0.1) is 17.5 Å². The zero-order chi connectivity index (χ0) is 11.4. The number of fused-ring (bicyclic) bond motifs is 2. The second-order valence-corrected chi connectivity index (χ2v) is 3.91. The smallest absolute Gasteiger partial charge is 0.247 e. The molecule has 0 N–H and O–H groups in total. The van der Waals surface area contributed by atoms with E-state index in [0.717, 1.165) is 22.0 Å². The molecule has 4 heteroatoms. The van der Waals surface area contributed by atoms with Crippen LogP contribution in [0.5, 0.6) is 0 Å². The first-order valence-corrected chi connectivity index (χ1v) is 5.22. The Kier molecular flexibility index (Phi) is 1.42. The van der Waals surface area contributed by atoms with Crippen LogP contribution in [-0.2, 0) is 0 Å². The monoisotopic (exact) mass is 222 g/mol. The van der Waals surface area contributed by atoms with Gasteiger partial charge in [-0.05, 0) is 23.6 Å². The predicted molar refractivity (Wildman–Crippen MR) is 60.7 cm³/mol. The van der Waals surface area contributed by atoms with Crippen LogP contribution in [0.1, 0.15) is 16.2 Å². The molecule has 4 rings (SSSR count). The zero-order valence-corrected chi connectivity index (χ0v) is 8.68. The molecule has 0 unspecified atom stereocenters. The predicted octanol–water partition coefficient (Wildman–Crippen LogP) is 2.43. The van der Waals surface area contributed by atoms with Crippen molar-refractivity contribution in [3.8, 4) is 11.3 Å². The number of ketones is 1. The number of furan rings is 1. The Morgan fingerprint density at radius 2 is 1.76 bits per heavy atom. The van der Waals surface area contributed by atoms with Crippen molar-refractivity contribution < 1.29 is 9.21 Å². The first kappa shape index (κ1) is 8.64. The highest BCUT2D eigenvalue weighted by molar-refractivity contribution is 6.22. The Hall–Kier alpha value is -2.49. The Labute approximate surface area is 95.9 Å². The van der Waals surface area contributed by atoms with E-state index in [2.05, 4.69) is 9.97 Å². The lowest BCUT2D eigenvalue weighted by molar-refractivity contribution is 0.101. The average molecular weight is 222 g/mol. The molecule has 0 bridgehead atoms. The maximum Gasteiger partial charge on any atom is 0.247 e. The van der Waals surface area contributed by atoms with Gasteiger partial charge in [-0.25, -0.2) is 0 Å². The highest BCUT2D eigenvalue weighted by Gasteiger charge is 2.29. The second-order valence-electron chi connectivity index (χ2n) is 3.91. The Balaban J connectivity index is 2.31. The number of carbonyl (C=O) groups excluding carboxylic acids is 1. The molecule has 17 heavy (non-hydrogen) atoms. The van der Waals surface area contributed by atoms with E-state index < -0.39 is 0 Å². The van der Waals surface area contributed by atoms with Crippen LogP contribution in [0.4, 0.5) is 0 Å². The van der Waals surface area contributed by atoms with Crippen molar-refractivity contribution in [3.63, 3.8) is 0 Å². The third-order valence-corrected chi connectivity index (χ3v) is 3.02. The summed E-state index contributed by atoms with van der Waals surface area (Å²) in [5, 5.41) is 1.79.